The summed E-state index contributed by atoms with van der Waals surface area (Å²) in [7, 11) is 0. The largest absolute Gasteiger partial charge is 0.308 e. The zero-order valence-corrected chi connectivity index (χ0v) is 15.6. The van der Waals surface area contributed by atoms with Crippen LogP contribution in [0.25, 0.3) is 21.9 Å². The molecule has 1 aromatic carbocycles. The van der Waals surface area contributed by atoms with Crippen LogP contribution < -0.4 is 5.32 Å². The molecule has 5 nitrogen and oxygen atoms in total. The van der Waals surface area contributed by atoms with Gasteiger partial charge in [0.15, 0.2) is 11.5 Å². The fourth-order valence-corrected chi connectivity index (χ4v) is 3.90. The van der Waals surface area contributed by atoms with Crippen LogP contribution in [0.1, 0.15) is 51.0 Å². The monoisotopic (exact) mass is 350 g/mol. The van der Waals surface area contributed by atoms with Gasteiger partial charge in [0.05, 0.1) is 10.9 Å². The topological polar surface area (TPSA) is 59.8 Å². The molecule has 1 fully saturated rings. The Hall–Kier alpha value is -2.43. The molecule has 2 aromatic heterocycles. The minimum absolute atomic E-state index is 0.108. The minimum Gasteiger partial charge on any atom is -0.308 e. The SMILES string of the molecule is CCCn1nc(NC(=O)C2CCCCC2)c2cc3ccc(C)cc3nc21. The van der Waals surface area contributed by atoms with E-state index >= 15 is 0 Å². The number of carbonyl (C=O) groups is 1. The standard InChI is InChI=1S/C21H26N4O/c1-3-11-25-20-17(13-16-10-9-14(2)12-18(16)22-20)19(24-25)23-21(26)15-7-5-4-6-8-15/h9-10,12-13,15H,3-8,11H2,1-2H3,(H,23,24,26). The van der Waals surface area contributed by atoms with Crippen LogP contribution in [0.2, 0.25) is 0 Å². The highest BCUT2D eigenvalue weighted by Crippen LogP contribution is 2.29. The van der Waals surface area contributed by atoms with Gasteiger partial charge in [0.1, 0.15) is 0 Å². The van der Waals surface area contributed by atoms with Crippen molar-refractivity contribution in [2.24, 2.45) is 5.92 Å². The maximum absolute atomic E-state index is 12.7. The van der Waals surface area contributed by atoms with Crippen molar-refractivity contribution < 1.29 is 4.79 Å². The molecule has 1 amide bonds. The second kappa shape index (κ2) is 7.06. The molecule has 3 aromatic rings. The second-order valence-electron chi connectivity index (χ2n) is 7.45. The number of nitrogens with one attached hydrogen (secondary N) is 1. The van der Waals surface area contributed by atoms with Crippen molar-refractivity contribution in [1.29, 1.82) is 0 Å². The average molecular weight is 350 g/mol. The van der Waals surface area contributed by atoms with Crippen LogP contribution in [0.5, 0.6) is 0 Å². The van der Waals surface area contributed by atoms with Gasteiger partial charge in [-0.1, -0.05) is 38.3 Å². The molecule has 26 heavy (non-hydrogen) atoms. The summed E-state index contributed by atoms with van der Waals surface area (Å²) in [6, 6.07) is 8.37. The van der Waals surface area contributed by atoms with E-state index < -0.39 is 0 Å². The van der Waals surface area contributed by atoms with Crippen molar-refractivity contribution in [3.63, 3.8) is 0 Å². The fourth-order valence-electron chi connectivity index (χ4n) is 3.90. The van der Waals surface area contributed by atoms with Gasteiger partial charge in [0.25, 0.3) is 0 Å². The van der Waals surface area contributed by atoms with Gasteiger partial charge in [-0.25, -0.2) is 9.67 Å². The Morgan fingerprint density at radius 1 is 1.23 bits per heavy atom. The molecule has 2 heterocycles. The summed E-state index contributed by atoms with van der Waals surface area (Å²) in [6.07, 6.45) is 6.48. The first-order valence-electron chi connectivity index (χ1n) is 9.74. The number of amides is 1. The van der Waals surface area contributed by atoms with Gasteiger partial charge in [-0.2, -0.15) is 5.10 Å². The molecule has 0 bridgehead atoms. The van der Waals surface area contributed by atoms with Gasteiger partial charge in [-0.05, 0) is 43.9 Å². The molecular formula is C21H26N4O. The second-order valence-corrected chi connectivity index (χ2v) is 7.45. The number of nitrogens with zero attached hydrogens (tertiary/aromatic N) is 3. The molecule has 5 heteroatoms. The van der Waals surface area contributed by atoms with E-state index in [1.165, 1.54) is 12.0 Å². The van der Waals surface area contributed by atoms with E-state index in [0.717, 1.165) is 60.6 Å². The Bertz CT molecular complexity index is 953. The van der Waals surface area contributed by atoms with Crippen molar-refractivity contribution in [3.05, 3.63) is 29.8 Å². The van der Waals surface area contributed by atoms with Crippen LogP contribution in [-0.4, -0.2) is 20.7 Å². The molecule has 0 unspecified atom stereocenters. The summed E-state index contributed by atoms with van der Waals surface area (Å²) < 4.78 is 1.92. The van der Waals surface area contributed by atoms with Gasteiger partial charge in [0.2, 0.25) is 5.91 Å². The average Bonchev–Trinajstić information content (AvgIpc) is 2.97. The Kier molecular flexibility index (Phi) is 4.62. The normalized spacial score (nSPS) is 15.6. The number of anilines is 1. The van der Waals surface area contributed by atoms with Crippen LogP contribution in [0.4, 0.5) is 5.82 Å². The van der Waals surface area contributed by atoms with Crippen molar-refractivity contribution in [2.75, 3.05) is 5.32 Å². The van der Waals surface area contributed by atoms with E-state index in [1.807, 2.05) is 4.68 Å². The van der Waals surface area contributed by atoms with Crippen LogP contribution in [0, 0.1) is 12.8 Å². The molecule has 0 aliphatic heterocycles. The summed E-state index contributed by atoms with van der Waals surface area (Å²) >= 11 is 0. The molecule has 1 saturated carbocycles. The maximum atomic E-state index is 12.7. The number of fused-ring (bicyclic) bond motifs is 2. The number of hydrogen-bond acceptors (Lipinski definition) is 3. The Balaban J connectivity index is 1.75. The summed E-state index contributed by atoms with van der Waals surface area (Å²) in [5, 5.41) is 9.79. The van der Waals surface area contributed by atoms with Gasteiger partial charge in [0, 0.05) is 17.8 Å². The number of aryl methyl sites for hydroxylation is 2. The van der Waals surface area contributed by atoms with Gasteiger partial charge in [-0.3, -0.25) is 4.79 Å². The Morgan fingerprint density at radius 2 is 2.04 bits per heavy atom. The van der Waals surface area contributed by atoms with Crippen molar-refractivity contribution in [3.8, 4) is 0 Å². The van der Waals surface area contributed by atoms with Crippen LogP contribution in [-0.2, 0) is 11.3 Å². The predicted molar refractivity (Wildman–Crippen MR) is 105 cm³/mol. The molecule has 0 radical (unpaired) electrons. The number of carbonyl (C=O) groups excluding carboxylic acids is 1. The Morgan fingerprint density at radius 3 is 2.81 bits per heavy atom. The highest BCUT2D eigenvalue weighted by Gasteiger charge is 2.23. The highest BCUT2D eigenvalue weighted by atomic mass is 16.2. The number of aromatic nitrogens is 3. The van der Waals surface area contributed by atoms with Gasteiger partial charge < -0.3 is 5.32 Å². The third-order valence-corrected chi connectivity index (χ3v) is 5.33. The first kappa shape index (κ1) is 17.0. The first-order valence-corrected chi connectivity index (χ1v) is 9.74. The molecule has 136 valence electrons. The van der Waals surface area contributed by atoms with E-state index in [2.05, 4.69) is 48.5 Å². The molecule has 1 aliphatic rings. The lowest BCUT2D eigenvalue weighted by atomic mass is 9.89. The molecule has 4 rings (SSSR count). The third-order valence-electron chi connectivity index (χ3n) is 5.33. The predicted octanol–water partition coefficient (Wildman–Crippen LogP) is 4.82. The van der Waals surface area contributed by atoms with E-state index in [1.54, 1.807) is 0 Å². The minimum atomic E-state index is 0.108. The zero-order valence-electron chi connectivity index (χ0n) is 15.6. The van der Waals surface area contributed by atoms with Gasteiger partial charge in [-0.15, -0.1) is 0 Å². The van der Waals surface area contributed by atoms with Crippen LogP contribution >= 0.6 is 0 Å². The van der Waals surface area contributed by atoms with E-state index in [-0.39, 0.29) is 11.8 Å². The Labute approximate surface area is 153 Å². The number of rotatable bonds is 4. The summed E-state index contributed by atoms with van der Waals surface area (Å²) in [5.41, 5.74) is 3.01. The smallest absolute Gasteiger partial charge is 0.228 e. The zero-order chi connectivity index (χ0) is 18.1. The van der Waals surface area contributed by atoms with E-state index in [4.69, 9.17) is 4.98 Å². The molecule has 0 saturated heterocycles. The van der Waals surface area contributed by atoms with Crippen molar-refractivity contribution in [2.45, 2.75) is 58.9 Å². The maximum Gasteiger partial charge on any atom is 0.228 e. The fraction of sp³-hybridized carbons (Fsp3) is 0.476. The molecule has 1 N–H and O–H groups in total. The quantitative estimate of drug-likeness (QED) is 0.734. The molecular weight excluding hydrogens is 324 g/mol. The number of benzene rings is 1. The highest BCUT2D eigenvalue weighted by molar-refractivity contribution is 6.03. The lowest BCUT2D eigenvalue weighted by molar-refractivity contribution is -0.120. The lowest BCUT2D eigenvalue weighted by Crippen LogP contribution is -2.25. The van der Waals surface area contributed by atoms with E-state index in [9.17, 15) is 4.79 Å². The van der Waals surface area contributed by atoms with Gasteiger partial charge >= 0.3 is 0 Å². The van der Waals surface area contributed by atoms with Crippen LogP contribution in [0.3, 0.4) is 0 Å². The summed E-state index contributed by atoms with van der Waals surface area (Å²) in [5.74, 6) is 0.877. The molecule has 1 aliphatic carbocycles. The van der Waals surface area contributed by atoms with Crippen LogP contribution in [0.15, 0.2) is 24.3 Å². The third kappa shape index (κ3) is 3.18. The van der Waals surface area contributed by atoms with Crippen molar-refractivity contribution >= 4 is 33.7 Å². The lowest BCUT2D eigenvalue weighted by Gasteiger charge is -2.20. The molecule has 0 atom stereocenters. The van der Waals surface area contributed by atoms with E-state index in [0.29, 0.717) is 5.82 Å². The summed E-state index contributed by atoms with van der Waals surface area (Å²) in [4.78, 5) is 17.6. The number of pyridine rings is 1. The summed E-state index contributed by atoms with van der Waals surface area (Å²) in [6.45, 7) is 4.99. The van der Waals surface area contributed by atoms with Crippen molar-refractivity contribution in [1.82, 2.24) is 14.8 Å². The first-order chi connectivity index (χ1) is 12.7. The number of hydrogen-bond donors (Lipinski definition) is 1. The molecule has 0 spiro atoms.